The minimum atomic E-state index is -0.211. The summed E-state index contributed by atoms with van der Waals surface area (Å²) in [6.07, 6.45) is 0. The quantitative estimate of drug-likeness (QED) is 0.366. The first-order valence-corrected chi connectivity index (χ1v) is 10.4. The Bertz CT molecular complexity index is 1170. The number of hydrogen-bond acceptors (Lipinski definition) is 7. The molecule has 0 aliphatic rings. The van der Waals surface area contributed by atoms with E-state index in [-0.39, 0.29) is 6.61 Å². The molecule has 0 aliphatic heterocycles. The number of rotatable bonds is 10. The molecule has 33 heavy (non-hydrogen) atoms. The average Bonchev–Trinajstić information content (AvgIpc) is 3.36. The van der Waals surface area contributed by atoms with Gasteiger partial charge in [-0.25, -0.2) is 0 Å². The minimum Gasteiger partial charge on any atom is -0.497 e. The second-order valence-corrected chi connectivity index (χ2v) is 7.27. The third kappa shape index (κ3) is 5.64. The van der Waals surface area contributed by atoms with Crippen LogP contribution < -0.4 is 18.9 Å². The Kier molecular flexibility index (Phi) is 7.12. The molecule has 0 atom stereocenters. The fraction of sp³-hybridized carbons (Fsp3) is 0.192. The van der Waals surface area contributed by atoms with Crippen LogP contribution in [-0.2, 0) is 19.8 Å². The Morgan fingerprint density at radius 3 is 1.82 bits per heavy atom. The van der Waals surface area contributed by atoms with E-state index in [0.717, 1.165) is 28.2 Å². The number of ether oxygens (including phenoxy) is 4. The zero-order valence-electron chi connectivity index (χ0n) is 18.5. The molecule has 7 heteroatoms. The van der Waals surface area contributed by atoms with Crippen LogP contribution in [0.2, 0.25) is 0 Å². The van der Waals surface area contributed by atoms with Crippen molar-refractivity contribution < 1.29 is 28.6 Å². The van der Waals surface area contributed by atoms with Gasteiger partial charge in [0.15, 0.2) is 17.3 Å². The fourth-order valence-electron chi connectivity index (χ4n) is 3.19. The molecular weight excluding hydrogens is 422 g/mol. The van der Waals surface area contributed by atoms with Crippen molar-refractivity contribution in [2.24, 2.45) is 0 Å². The Morgan fingerprint density at radius 1 is 0.727 bits per heavy atom. The molecule has 0 radical (unpaired) electrons. The zero-order valence-corrected chi connectivity index (χ0v) is 18.5. The lowest BCUT2D eigenvalue weighted by molar-refractivity contribution is 0.229. The van der Waals surface area contributed by atoms with Gasteiger partial charge in [-0.1, -0.05) is 29.4 Å². The first-order valence-electron chi connectivity index (χ1n) is 10.4. The molecule has 4 aromatic rings. The summed E-state index contributed by atoms with van der Waals surface area (Å²) < 4.78 is 27.7. The molecule has 0 bridgehead atoms. The van der Waals surface area contributed by atoms with Crippen molar-refractivity contribution in [2.75, 3.05) is 14.2 Å². The van der Waals surface area contributed by atoms with E-state index in [0.29, 0.717) is 36.2 Å². The number of aromatic nitrogens is 1. The number of hydrogen-bond donors (Lipinski definition) is 1. The molecular formula is C26H25NO6. The van der Waals surface area contributed by atoms with Crippen LogP contribution in [0.3, 0.4) is 0 Å². The number of methoxy groups -OCH3 is 2. The van der Waals surface area contributed by atoms with Crippen molar-refractivity contribution in [3.8, 4) is 34.3 Å². The monoisotopic (exact) mass is 447 g/mol. The molecule has 0 saturated heterocycles. The lowest BCUT2D eigenvalue weighted by atomic mass is 10.1. The Balaban J connectivity index is 1.54. The average molecular weight is 447 g/mol. The molecule has 0 aliphatic carbocycles. The van der Waals surface area contributed by atoms with E-state index in [1.54, 1.807) is 20.3 Å². The standard InChI is InChI=1S/C26H25NO6/c1-29-21-8-3-18(4-9-21)16-31-25-12-7-20(24-14-23(15-28)33-27-24)13-26(25)32-17-19-5-10-22(30-2)11-6-19/h3-14,28H,15-17H2,1-2H3. The van der Waals surface area contributed by atoms with Crippen molar-refractivity contribution in [1.82, 2.24) is 5.16 Å². The van der Waals surface area contributed by atoms with Crippen LogP contribution in [0.5, 0.6) is 23.0 Å². The lowest BCUT2D eigenvalue weighted by Gasteiger charge is -2.14. The van der Waals surface area contributed by atoms with Crippen molar-refractivity contribution in [1.29, 1.82) is 0 Å². The number of aliphatic hydroxyl groups excluding tert-OH is 1. The summed E-state index contributed by atoms with van der Waals surface area (Å²) in [6.45, 7) is 0.519. The van der Waals surface area contributed by atoms with Gasteiger partial charge in [0.1, 0.15) is 37.0 Å². The molecule has 0 saturated carbocycles. The normalized spacial score (nSPS) is 10.6. The zero-order chi connectivity index (χ0) is 23.0. The third-order valence-corrected chi connectivity index (χ3v) is 5.06. The Morgan fingerprint density at radius 2 is 1.30 bits per heavy atom. The maximum absolute atomic E-state index is 9.26. The molecule has 1 N–H and O–H groups in total. The van der Waals surface area contributed by atoms with Crippen LogP contribution in [0.4, 0.5) is 0 Å². The summed E-state index contributed by atoms with van der Waals surface area (Å²) in [4.78, 5) is 0. The van der Waals surface area contributed by atoms with Gasteiger partial charge in [0.2, 0.25) is 0 Å². The highest BCUT2D eigenvalue weighted by atomic mass is 16.5. The largest absolute Gasteiger partial charge is 0.497 e. The first-order chi connectivity index (χ1) is 16.2. The smallest absolute Gasteiger partial charge is 0.162 e. The van der Waals surface area contributed by atoms with Crippen molar-refractivity contribution in [2.45, 2.75) is 19.8 Å². The van der Waals surface area contributed by atoms with Crippen molar-refractivity contribution >= 4 is 0 Å². The van der Waals surface area contributed by atoms with E-state index < -0.39 is 0 Å². The van der Waals surface area contributed by atoms with Crippen LogP contribution in [0.15, 0.2) is 77.3 Å². The minimum absolute atomic E-state index is 0.211. The summed E-state index contributed by atoms with van der Waals surface area (Å²) in [5, 5.41) is 13.3. The number of benzene rings is 3. The van der Waals surface area contributed by atoms with E-state index in [1.807, 2.05) is 66.7 Å². The highest BCUT2D eigenvalue weighted by Gasteiger charge is 2.12. The van der Waals surface area contributed by atoms with Crippen LogP contribution in [-0.4, -0.2) is 24.5 Å². The molecule has 0 fully saturated rings. The van der Waals surface area contributed by atoms with Gasteiger partial charge >= 0.3 is 0 Å². The van der Waals surface area contributed by atoms with E-state index >= 15 is 0 Å². The van der Waals surface area contributed by atoms with Gasteiger partial charge in [-0.05, 0) is 53.6 Å². The fourth-order valence-corrected chi connectivity index (χ4v) is 3.19. The topological polar surface area (TPSA) is 83.2 Å². The van der Waals surface area contributed by atoms with E-state index in [4.69, 9.17) is 23.5 Å². The van der Waals surface area contributed by atoms with Gasteiger partial charge in [-0.2, -0.15) is 0 Å². The predicted molar refractivity (Wildman–Crippen MR) is 123 cm³/mol. The first kappa shape index (κ1) is 22.2. The third-order valence-electron chi connectivity index (χ3n) is 5.06. The Labute approximate surface area is 192 Å². The van der Waals surface area contributed by atoms with Crippen LogP contribution in [0.1, 0.15) is 16.9 Å². The maximum atomic E-state index is 9.26. The molecule has 0 spiro atoms. The van der Waals surface area contributed by atoms with Crippen LogP contribution in [0.25, 0.3) is 11.3 Å². The summed E-state index contributed by atoms with van der Waals surface area (Å²) in [5.74, 6) is 3.15. The van der Waals surface area contributed by atoms with Crippen molar-refractivity contribution in [3.63, 3.8) is 0 Å². The molecule has 1 heterocycles. The van der Waals surface area contributed by atoms with E-state index in [2.05, 4.69) is 5.16 Å². The molecule has 3 aromatic carbocycles. The molecule has 1 aromatic heterocycles. The molecule has 0 unspecified atom stereocenters. The molecule has 170 valence electrons. The van der Waals surface area contributed by atoms with Crippen LogP contribution in [0, 0.1) is 0 Å². The molecule has 7 nitrogen and oxygen atoms in total. The maximum Gasteiger partial charge on any atom is 0.162 e. The van der Waals surface area contributed by atoms with E-state index in [9.17, 15) is 5.11 Å². The van der Waals surface area contributed by atoms with Gasteiger partial charge in [0.05, 0.1) is 14.2 Å². The molecule has 0 amide bonds. The number of nitrogens with zero attached hydrogens (tertiary/aromatic N) is 1. The van der Waals surface area contributed by atoms with E-state index in [1.165, 1.54) is 0 Å². The Hall–Kier alpha value is -3.97. The SMILES string of the molecule is COc1ccc(COc2ccc(-c3cc(CO)on3)cc2OCc2ccc(OC)cc2)cc1. The van der Waals surface area contributed by atoms with Crippen LogP contribution >= 0.6 is 0 Å². The van der Waals surface area contributed by atoms with Crippen molar-refractivity contribution in [3.05, 3.63) is 89.7 Å². The molecule has 4 rings (SSSR count). The van der Waals surface area contributed by atoms with Gasteiger partial charge in [-0.3, -0.25) is 0 Å². The summed E-state index contributed by atoms with van der Waals surface area (Å²) >= 11 is 0. The highest BCUT2D eigenvalue weighted by molar-refractivity contribution is 5.63. The summed E-state index contributed by atoms with van der Waals surface area (Å²) in [6, 6.07) is 22.7. The second kappa shape index (κ2) is 10.6. The van der Waals surface area contributed by atoms with Gasteiger partial charge in [0, 0.05) is 11.6 Å². The van der Waals surface area contributed by atoms with Gasteiger partial charge < -0.3 is 28.6 Å². The predicted octanol–water partition coefficient (Wildman–Crippen LogP) is 5.01. The van der Waals surface area contributed by atoms with Gasteiger partial charge in [-0.15, -0.1) is 0 Å². The van der Waals surface area contributed by atoms with Gasteiger partial charge in [0.25, 0.3) is 0 Å². The second-order valence-electron chi connectivity index (χ2n) is 7.27. The summed E-state index contributed by atoms with van der Waals surface area (Å²) in [7, 11) is 3.27. The number of aliphatic hydroxyl groups is 1. The summed E-state index contributed by atoms with van der Waals surface area (Å²) in [5.41, 5.74) is 3.39. The lowest BCUT2D eigenvalue weighted by Crippen LogP contribution is -2.01. The highest BCUT2D eigenvalue weighted by Crippen LogP contribution is 2.34.